The van der Waals surface area contributed by atoms with Crippen LogP contribution in [0.3, 0.4) is 0 Å². The van der Waals surface area contributed by atoms with Gasteiger partial charge in [0.1, 0.15) is 15.6 Å². The molecule has 4 aromatic rings. The Kier molecular flexibility index (Phi) is 5.61. The minimum Gasteiger partial charge on any atom is -0.315 e. The number of nitrogens with one attached hydrogen (secondary N) is 1. The first kappa shape index (κ1) is 20.8. The van der Waals surface area contributed by atoms with Crippen molar-refractivity contribution in [2.45, 2.75) is 27.2 Å². The van der Waals surface area contributed by atoms with Gasteiger partial charge in [0.05, 0.1) is 17.1 Å². The molecule has 2 aromatic carbocycles. The van der Waals surface area contributed by atoms with Gasteiger partial charge in [-0.1, -0.05) is 49.4 Å². The van der Waals surface area contributed by atoms with Gasteiger partial charge in [0, 0.05) is 12.6 Å². The second kappa shape index (κ2) is 8.35. The van der Waals surface area contributed by atoms with Gasteiger partial charge in [-0.2, -0.15) is 0 Å². The molecule has 0 aliphatic carbocycles. The summed E-state index contributed by atoms with van der Waals surface area (Å²) in [5.74, 6) is -0.322. The molecule has 0 radical (unpaired) electrons. The number of aryl methyl sites for hydroxylation is 2. The predicted octanol–water partition coefficient (Wildman–Crippen LogP) is 4.73. The maximum atomic E-state index is 13.1. The lowest BCUT2D eigenvalue weighted by Crippen LogP contribution is -2.22. The van der Waals surface area contributed by atoms with E-state index in [1.807, 2.05) is 56.3 Å². The van der Waals surface area contributed by atoms with Gasteiger partial charge >= 0.3 is 0 Å². The van der Waals surface area contributed by atoms with Crippen molar-refractivity contribution >= 4 is 22.9 Å². The van der Waals surface area contributed by atoms with E-state index in [0.717, 1.165) is 22.7 Å². The molecule has 31 heavy (non-hydrogen) atoms. The van der Waals surface area contributed by atoms with E-state index in [0.29, 0.717) is 16.3 Å². The number of aromatic nitrogens is 3. The van der Waals surface area contributed by atoms with Gasteiger partial charge in [-0.3, -0.25) is 14.3 Å². The average Bonchev–Trinajstić information content (AvgIpc) is 3.27. The Morgan fingerprint density at radius 2 is 1.74 bits per heavy atom. The molecular weight excluding hydrogens is 408 g/mol. The summed E-state index contributed by atoms with van der Waals surface area (Å²) in [5, 5.41) is 3.62. The van der Waals surface area contributed by atoms with E-state index in [-0.39, 0.29) is 17.2 Å². The number of carbonyl (C=O) groups is 1. The molecule has 0 aliphatic rings. The lowest BCUT2D eigenvalue weighted by Gasteiger charge is -2.07. The largest absolute Gasteiger partial charge is 0.315 e. The molecule has 1 amide bonds. The van der Waals surface area contributed by atoms with Crippen molar-refractivity contribution in [3.63, 3.8) is 0 Å². The Hall–Kier alpha value is -3.45. The topological polar surface area (TPSA) is 68.9 Å². The molecule has 6 nitrogen and oxygen atoms in total. The molecule has 2 heterocycles. The lowest BCUT2D eigenvalue weighted by atomic mass is 10.1. The van der Waals surface area contributed by atoms with E-state index in [9.17, 15) is 9.59 Å². The summed E-state index contributed by atoms with van der Waals surface area (Å²) in [4.78, 5) is 31.2. The van der Waals surface area contributed by atoms with Crippen molar-refractivity contribution in [3.8, 4) is 16.3 Å². The van der Waals surface area contributed by atoms with Gasteiger partial charge in [0.25, 0.3) is 11.5 Å². The first-order valence-electron chi connectivity index (χ1n) is 10.1. The van der Waals surface area contributed by atoms with Crippen molar-refractivity contribution in [1.29, 1.82) is 0 Å². The summed E-state index contributed by atoms with van der Waals surface area (Å²) in [7, 11) is 1.80. The van der Waals surface area contributed by atoms with Crippen LogP contribution in [0.4, 0.5) is 5.69 Å². The molecule has 158 valence electrons. The average molecular weight is 433 g/mol. The van der Waals surface area contributed by atoms with Crippen LogP contribution in [0, 0.1) is 13.8 Å². The lowest BCUT2D eigenvalue weighted by molar-refractivity contribution is 0.102. The van der Waals surface area contributed by atoms with Gasteiger partial charge in [-0.25, -0.2) is 9.67 Å². The molecule has 0 saturated heterocycles. The minimum atomic E-state index is -0.322. The number of amides is 1. The highest BCUT2D eigenvalue weighted by atomic mass is 32.1. The maximum absolute atomic E-state index is 13.1. The molecule has 0 unspecified atom stereocenters. The first-order valence-corrected chi connectivity index (χ1v) is 10.9. The molecule has 0 fully saturated rings. The number of para-hydroxylation sites is 1. The standard InChI is InChI=1S/C24H24N4O2S/c1-5-17-11-13-18(14-12-17)23-25-15(2)21(31-23)22(29)26-20-16(3)27(4)28(24(20)30)19-9-7-6-8-10-19/h6-14H,5H2,1-4H3,(H,26,29). The quantitative estimate of drug-likeness (QED) is 0.496. The fraction of sp³-hybridized carbons (Fsp3) is 0.208. The molecule has 0 saturated carbocycles. The van der Waals surface area contributed by atoms with Crippen molar-refractivity contribution in [2.75, 3.05) is 5.32 Å². The van der Waals surface area contributed by atoms with Crippen LogP contribution in [-0.4, -0.2) is 20.3 Å². The molecule has 2 aromatic heterocycles. The van der Waals surface area contributed by atoms with E-state index < -0.39 is 0 Å². The number of hydrogen-bond donors (Lipinski definition) is 1. The van der Waals surface area contributed by atoms with Crippen molar-refractivity contribution in [2.24, 2.45) is 7.05 Å². The van der Waals surface area contributed by atoms with Crippen molar-refractivity contribution in [1.82, 2.24) is 14.3 Å². The summed E-state index contributed by atoms with van der Waals surface area (Å²) >= 11 is 1.33. The summed E-state index contributed by atoms with van der Waals surface area (Å²) in [5.41, 5.74) is 4.31. The molecular formula is C24H24N4O2S. The second-order valence-electron chi connectivity index (χ2n) is 7.37. The van der Waals surface area contributed by atoms with Gasteiger partial charge in [-0.15, -0.1) is 11.3 Å². The highest BCUT2D eigenvalue weighted by molar-refractivity contribution is 7.17. The predicted molar refractivity (Wildman–Crippen MR) is 125 cm³/mol. The van der Waals surface area contributed by atoms with Crippen LogP contribution >= 0.6 is 11.3 Å². The van der Waals surface area contributed by atoms with E-state index in [1.165, 1.54) is 16.9 Å². The Balaban J connectivity index is 1.65. The third-order valence-corrected chi connectivity index (χ3v) is 6.61. The second-order valence-corrected chi connectivity index (χ2v) is 8.37. The summed E-state index contributed by atoms with van der Waals surface area (Å²) in [6.45, 7) is 5.74. The van der Waals surface area contributed by atoms with Gasteiger partial charge in [0.2, 0.25) is 0 Å². The van der Waals surface area contributed by atoms with E-state index in [1.54, 1.807) is 16.4 Å². The first-order chi connectivity index (χ1) is 14.9. The zero-order valence-electron chi connectivity index (χ0n) is 18.0. The molecule has 0 aliphatic heterocycles. The third-order valence-electron chi connectivity index (χ3n) is 5.40. The van der Waals surface area contributed by atoms with Crippen molar-refractivity contribution in [3.05, 3.63) is 86.8 Å². The number of hydrogen-bond acceptors (Lipinski definition) is 4. The Bertz CT molecular complexity index is 1300. The normalized spacial score (nSPS) is 11.0. The molecule has 0 spiro atoms. The fourth-order valence-corrected chi connectivity index (χ4v) is 4.46. The number of carbonyl (C=O) groups excluding carboxylic acids is 1. The van der Waals surface area contributed by atoms with Crippen LogP contribution in [0.15, 0.2) is 59.4 Å². The maximum Gasteiger partial charge on any atom is 0.295 e. The van der Waals surface area contributed by atoms with E-state index in [4.69, 9.17) is 0 Å². The zero-order valence-corrected chi connectivity index (χ0v) is 18.8. The van der Waals surface area contributed by atoms with Crippen molar-refractivity contribution < 1.29 is 4.79 Å². The number of thiazole rings is 1. The third kappa shape index (κ3) is 3.84. The number of nitrogens with zero attached hydrogens (tertiary/aromatic N) is 3. The minimum absolute atomic E-state index is 0.267. The number of rotatable bonds is 5. The summed E-state index contributed by atoms with van der Waals surface area (Å²) < 4.78 is 3.29. The van der Waals surface area contributed by atoms with Gasteiger partial charge in [0.15, 0.2) is 0 Å². The van der Waals surface area contributed by atoms with Gasteiger partial charge < -0.3 is 5.32 Å². The SMILES string of the molecule is CCc1ccc(-c2nc(C)c(C(=O)Nc3c(C)n(C)n(-c4ccccc4)c3=O)s2)cc1. The van der Waals surface area contributed by atoms with Crippen LogP contribution in [0.25, 0.3) is 16.3 Å². The summed E-state index contributed by atoms with van der Waals surface area (Å²) in [6, 6.07) is 17.6. The molecule has 0 atom stereocenters. The monoisotopic (exact) mass is 432 g/mol. The molecule has 0 bridgehead atoms. The van der Waals surface area contributed by atoms with Crippen LogP contribution in [-0.2, 0) is 13.5 Å². The molecule has 7 heteroatoms. The molecule has 1 N–H and O–H groups in total. The molecule has 4 rings (SSSR count). The van der Waals surface area contributed by atoms with E-state index >= 15 is 0 Å². The zero-order chi connectivity index (χ0) is 22.1. The summed E-state index contributed by atoms with van der Waals surface area (Å²) in [6.07, 6.45) is 0.974. The number of benzene rings is 2. The fourth-order valence-electron chi connectivity index (χ4n) is 3.50. The number of anilines is 1. The van der Waals surface area contributed by atoms with Crippen LogP contribution in [0.5, 0.6) is 0 Å². The Morgan fingerprint density at radius 3 is 2.39 bits per heavy atom. The van der Waals surface area contributed by atoms with Gasteiger partial charge in [-0.05, 0) is 38.0 Å². The van der Waals surface area contributed by atoms with Crippen LogP contribution < -0.4 is 10.9 Å². The smallest absolute Gasteiger partial charge is 0.295 e. The Morgan fingerprint density at radius 1 is 1.06 bits per heavy atom. The van der Waals surface area contributed by atoms with E-state index in [2.05, 4.69) is 29.4 Å². The highest BCUT2D eigenvalue weighted by Crippen LogP contribution is 2.29. The Labute approximate surface area is 184 Å². The van der Waals surface area contributed by atoms with Crippen LogP contribution in [0.1, 0.15) is 33.5 Å². The van der Waals surface area contributed by atoms with Crippen LogP contribution in [0.2, 0.25) is 0 Å². The highest BCUT2D eigenvalue weighted by Gasteiger charge is 2.22.